The van der Waals surface area contributed by atoms with Crippen molar-refractivity contribution in [1.29, 1.82) is 0 Å². The average molecular weight is 230 g/mol. The predicted octanol–water partition coefficient (Wildman–Crippen LogP) is 1.86. The van der Waals surface area contributed by atoms with Gasteiger partial charge < -0.3 is 11.1 Å². The smallest absolute Gasteiger partial charge is 0.194 e. The van der Waals surface area contributed by atoms with E-state index in [1.807, 2.05) is 0 Å². The predicted molar refractivity (Wildman–Crippen MR) is 54.3 cm³/mol. The van der Waals surface area contributed by atoms with Crippen LogP contribution in [0.25, 0.3) is 0 Å². The Morgan fingerprint density at radius 2 is 1.81 bits per heavy atom. The first-order valence-corrected chi connectivity index (χ1v) is 5.22. The van der Waals surface area contributed by atoms with Crippen LogP contribution >= 0.6 is 0 Å². The normalized spacial score (nSPS) is 17.5. The van der Waals surface area contributed by atoms with Gasteiger partial charge in [-0.25, -0.2) is 13.2 Å². The second-order valence-electron chi connectivity index (χ2n) is 4.03. The minimum Gasteiger partial charge on any atom is -0.329 e. The fraction of sp³-hybridized carbons (Fsp3) is 0.455. The summed E-state index contributed by atoms with van der Waals surface area (Å²) in [4.78, 5) is 0. The quantitative estimate of drug-likeness (QED) is 0.775. The maximum absolute atomic E-state index is 13.0. The SMILES string of the molecule is NCC(NC1CC1)c1cc(F)c(F)c(F)c1. The molecule has 0 spiro atoms. The molecule has 1 aliphatic carbocycles. The molecule has 1 saturated carbocycles. The van der Waals surface area contributed by atoms with Crippen molar-refractivity contribution < 1.29 is 13.2 Å². The van der Waals surface area contributed by atoms with Gasteiger partial charge in [-0.1, -0.05) is 0 Å². The highest BCUT2D eigenvalue weighted by atomic mass is 19.2. The van der Waals surface area contributed by atoms with E-state index in [4.69, 9.17) is 5.73 Å². The molecule has 1 unspecified atom stereocenters. The molecule has 0 amide bonds. The van der Waals surface area contributed by atoms with Crippen molar-refractivity contribution >= 4 is 0 Å². The van der Waals surface area contributed by atoms with Gasteiger partial charge in [0.15, 0.2) is 17.5 Å². The zero-order valence-corrected chi connectivity index (χ0v) is 8.64. The van der Waals surface area contributed by atoms with Crippen molar-refractivity contribution in [2.75, 3.05) is 6.54 Å². The third-order valence-corrected chi connectivity index (χ3v) is 2.66. The van der Waals surface area contributed by atoms with Gasteiger partial charge in [0.25, 0.3) is 0 Å². The van der Waals surface area contributed by atoms with Crippen LogP contribution in [-0.4, -0.2) is 12.6 Å². The van der Waals surface area contributed by atoms with Gasteiger partial charge in [-0.15, -0.1) is 0 Å². The lowest BCUT2D eigenvalue weighted by molar-refractivity contribution is 0.439. The molecule has 0 saturated heterocycles. The number of nitrogens with two attached hydrogens (primary N) is 1. The third-order valence-electron chi connectivity index (χ3n) is 2.66. The van der Waals surface area contributed by atoms with Gasteiger partial charge in [-0.05, 0) is 30.5 Å². The van der Waals surface area contributed by atoms with E-state index in [1.165, 1.54) is 0 Å². The Kier molecular flexibility index (Phi) is 3.16. The lowest BCUT2D eigenvalue weighted by atomic mass is 10.1. The summed E-state index contributed by atoms with van der Waals surface area (Å²) >= 11 is 0. The maximum Gasteiger partial charge on any atom is 0.194 e. The van der Waals surface area contributed by atoms with Gasteiger partial charge in [-0.3, -0.25) is 0 Å². The van der Waals surface area contributed by atoms with Crippen molar-refractivity contribution in [3.63, 3.8) is 0 Å². The topological polar surface area (TPSA) is 38.0 Å². The molecule has 1 aromatic rings. The molecule has 0 bridgehead atoms. The van der Waals surface area contributed by atoms with Gasteiger partial charge in [0.1, 0.15) is 0 Å². The van der Waals surface area contributed by atoms with Crippen molar-refractivity contribution in [2.24, 2.45) is 5.73 Å². The number of nitrogens with one attached hydrogen (secondary N) is 1. The van der Waals surface area contributed by atoms with Crippen molar-refractivity contribution in [3.8, 4) is 0 Å². The highest BCUT2D eigenvalue weighted by molar-refractivity contribution is 5.23. The highest BCUT2D eigenvalue weighted by Gasteiger charge is 2.25. The summed E-state index contributed by atoms with van der Waals surface area (Å²) in [5.41, 5.74) is 5.87. The van der Waals surface area contributed by atoms with Gasteiger partial charge in [-0.2, -0.15) is 0 Å². The molecule has 88 valence electrons. The van der Waals surface area contributed by atoms with Crippen LogP contribution in [-0.2, 0) is 0 Å². The number of hydrogen-bond acceptors (Lipinski definition) is 2. The number of halogens is 3. The lowest BCUT2D eigenvalue weighted by Crippen LogP contribution is -2.30. The van der Waals surface area contributed by atoms with E-state index in [-0.39, 0.29) is 12.6 Å². The number of rotatable bonds is 4. The number of hydrogen-bond donors (Lipinski definition) is 2. The molecule has 2 rings (SSSR count). The molecule has 0 radical (unpaired) electrons. The van der Waals surface area contributed by atoms with E-state index >= 15 is 0 Å². The fourth-order valence-electron chi connectivity index (χ4n) is 1.61. The zero-order chi connectivity index (χ0) is 11.7. The lowest BCUT2D eigenvalue weighted by Gasteiger charge is -2.17. The molecule has 1 atom stereocenters. The molecule has 1 fully saturated rings. The van der Waals surface area contributed by atoms with Crippen LogP contribution in [0.4, 0.5) is 13.2 Å². The second kappa shape index (κ2) is 4.43. The van der Waals surface area contributed by atoms with Crippen LogP contribution in [0.3, 0.4) is 0 Å². The minimum absolute atomic E-state index is 0.223. The largest absolute Gasteiger partial charge is 0.329 e. The Bertz CT molecular complexity index is 368. The van der Waals surface area contributed by atoms with E-state index in [0.29, 0.717) is 11.6 Å². The standard InChI is InChI=1S/C11H13F3N2/c12-8-3-6(4-9(13)11(8)14)10(5-15)16-7-1-2-7/h3-4,7,10,16H,1-2,5,15H2. The van der Waals surface area contributed by atoms with Crippen LogP contribution in [0.2, 0.25) is 0 Å². The minimum atomic E-state index is -1.44. The third kappa shape index (κ3) is 2.36. The van der Waals surface area contributed by atoms with Gasteiger partial charge in [0.2, 0.25) is 0 Å². The van der Waals surface area contributed by atoms with E-state index in [0.717, 1.165) is 25.0 Å². The first kappa shape index (κ1) is 11.4. The highest BCUT2D eigenvalue weighted by Crippen LogP contribution is 2.25. The molecular weight excluding hydrogens is 217 g/mol. The molecule has 2 nitrogen and oxygen atoms in total. The van der Waals surface area contributed by atoms with Crippen molar-refractivity contribution in [3.05, 3.63) is 35.1 Å². The molecule has 3 N–H and O–H groups in total. The summed E-state index contributed by atoms with van der Waals surface area (Å²) in [5.74, 6) is -3.79. The Labute approximate surface area is 91.6 Å². The van der Waals surface area contributed by atoms with E-state index < -0.39 is 17.5 Å². The first-order valence-electron chi connectivity index (χ1n) is 5.22. The Morgan fingerprint density at radius 3 is 2.25 bits per heavy atom. The molecule has 5 heteroatoms. The maximum atomic E-state index is 13.0. The fourth-order valence-corrected chi connectivity index (χ4v) is 1.61. The summed E-state index contributed by atoms with van der Waals surface area (Å²) in [6.45, 7) is 0.223. The van der Waals surface area contributed by atoms with E-state index in [2.05, 4.69) is 5.32 Å². The molecule has 1 aliphatic rings. The molecule has 0 aromatic heterocycles. The monoisotopic (exact) mass is 230 g/mol. The molecule has 0 aliphatic heterocycles. The van der Waals surface area contributed by atoms with Crippen molar-refractivity contribution in [2.45, 2.75) is 24.9 Å². The Morgan fingerprint density at radius 1 is 1.25 bits per heavy atom. The molecular formula is C11H13F3N2. The van der Waals surface area contributed by atoms with Crippen LogP contribution in [0, 0.1) is 17.5 Å². The average Bonchev–Trinajstić information content (AvgIpc) is 3.05. The molecule has 16 heavy (non-hydrogen) atoms. The summed E-state index contributed by atoms with van der Waals surface area (Å²) < 4.78 is 38.8. The van der Waals surface area contributed by atoms with Crippen LogP contribution < -0.4 is 11.1 Å². The summed E-state index contributed by atoms with van der Waals surface area (Å²) in [6.07, 6.45) is 2.09. The van der Waals surface area contributed by atoms with Gasteiger partial charge in [0.05, 0.1) is 0 Å². The zero-order valence-electron chi connectivity index (χ0n) is 8.64. The van der Waals surface area contributed by atoms with Crippen molar-refractivity contribution in [1.82, 2.24) is 5.32 Å². The first-order chi connectivity index (χ1) is 7.61. The Hall–Kier alpha value is -1.07. The van der Waals surface area contributed by atoms with Gasteiger partial charge >= 0.3 is 0 Å². The van der Waals surface area contributed by atoms with Crippen LogP contribution in [0.5, 0.6) is 0 Å². The number of benzene rings is 1. The van der Waals surface area contributed by atoms with E-state index in [9.17, 15) is 13.2 Å². The summed E-state index contributed by atoms with van der Waals surface area (Å²) in [6, 6.07) is 2.03. The van der Waals surface area contributed by atoms with E-state index in [1.54, 1.807) is 0 Å². The van der Waals surface area contributed by atoms with Crippen LogP contribution in [0.15, 0.2) is 12.1 Å². The Balaban J connectivity index is 2.22. The molecule has 0 heterocycles. The van der Waals surface area contributed by atoms with Gasteiger partial charge in [0, 0.05) is 18.6 Å². The second-order valence-corrected chi connectivity index (χ2v) is 4.03. The summed E-state index contributed by atoms with van der Waals surface area (Å²) in [7, 11) is 0. The molecule has 1 aromatic carbocycles. The summed E-state index contributed by atoms with van der Waals surface area (Å²) in [5, 5.41) is 3.15. The van der Waals surface area contributed by atoms with Crippen LogP contribution in [0.1, 0.15) is 24.4 Å².